The van der Waals surface area contributed by atoms with Crippen molar-refractivity contribution in [2.24, 2.45) is 5.92 Å². The van der Waals surface area contributed by atoms with Crippen molar-refractivity contribution in [2.45, 2.75) is 19.4 Å². The molecule has 1 N–H and O–H groups in total. The number of hydrogen-bond donors (Lipinski definition) is 1. The summed E-state index contributed by atoms with van der Waals surface area (Å²) in [5, 5.41) is 3.96. The van der Waals surface area contributed by atoms with Crippen LogP contribution < -0.4 is 5.32 Å². The summed E-state index contributed by atoms with van der Waals surface area (Å²) in [7, 11) is 0. The van der Waals surface area contributed by atoms with Crippen molar-refractivity contribution in [3.05, 3.63) is 17.7 Å². The second-order valence-corrected chi connectivity index (χ2v) is 3.88. The minimum absolute atomic E-state index is 0.603. The van der Waals surface area contributed by atoms with Crippen LogP contribution in [0.15, 0.2) is 12.4 Å². The molecule has 1 aromatic heterocycles. The smallest absolute Gasteiger partial charge is 0.202 e. The molecule has 0 bridgehead atoms. The van der Waals surface area contributed by atoms with Gasteiger partial charge in [-0.2, -0.15) is 0 Å². The average Bonchev–Trinajstić information content (AvgIpc) is 2.72. The Hall–Kier alpha value is -0.540. The van der Waals surface area contributed by atoms with Crippen LogP contribution in [0.3, 0.4) is 0 Å². The van der Waals surface area contributed by atoms with Crippen LogP contribution in [0, 0.1) is 5.92 Å². The van der Waals surface area contributed by atoms with E-state index in [4.69, 9.17) is 11.6 Å². The summed E-state index contributed by atoms with van der Waals surface area (Å²) >= 11 is 5.86. The first-order valence-electron chi connectivity index (χ1n) is 4.73. The van der Waals surface area contributed by atoms with E-state index in [1.165, 1.54) is 19.4 Å². The fraction of sp³-hybridized carbons (Fsp3) is 0.667. The maximum absolute atomic E-state index is 5.86. The fourth-order valence-corrected chi connectivity index (χ4v) is 1.96. The Balaban J connectivity index is 1.82. The van der Waals surface area contributed by atoms with Crippen molar-refractivity contribution < 1.29 is 0 Å². The van der Waals surface area contributed by atoms with Crippen LogP contribution in [0.1, 0.15) is 12.8 Å². The van der Waals surface area contributed by atoms with E-state index in [1.54, 1.807) is 6.20 Å². The van der Waals surface area contributed by atoms with Gasteiger partial charge in [-0.25, -0.2) is 4.98 Å². The molecule has 0 radical (unpaired) electrons. The van der Waals surface area contributed by atoms with Gasteiger partial charge in [0, 0.05) is 18.9 Å². The van der Waals surface area contributed by atoms with Crippen LogP contribution >= 0.6 is 11.6 Å². The minimum Gasteiger partial charge on any atom is -0.322 e. The molecule has 1 aliphatic heterocycles. The molecule has 1 unspecified atom stereocenters. The summed E-state index contributed by atoms with van der Waals surface area (Å²) in [6, 6.07) is 0. The largest absolute Gasteiger partial charge is 0.322 e. The number of aromatic nitrogens is 2. The van der Waals surface area contributed by atoms with Gasteiger partial charge in [0.05, 0.1) is 0 Å². The lowest BCUT2D eigenvalue weighted by Crippen LogP contribution is -2.11. The van der Waals surface area contributed by atoms with Crippen LogP contribution in [0.2, 0.25) is 5.28 Å². The number of nitrogens with one attached hydrogen (secondary N) is 1. The van der Waals surface area contributed by atoms with Gasteiger partial charge < -0.3 is 9.88 Å². The minimum atomic E-state index is 0.603. The second-order valence-electron chi connectivity index (χ2n) is 3.54. The van der Waals surface area contributed by atoms with Gasteiger partial charge in [-0.05, 0) is 43.5 Å². The molecule has 1 atom stereocenters. The number of nitrogens with zero attached hydrogens (tertiary/aromatic N) is 2. The zero-order valence-corrected chi connectivity index (χ0v) is 8.30. The first-order valence-corrected chi connectivity index (χ1v) is 5.11. The first-order chi connectivity index (χ1) is 6.36. The highest BCUT2D eigenvalue weighted by Crippen LogP contribution is 2.14. The van der Waals surface area contributed by atoms with Gasteiger partial charge in [0.1, 0.15) is 0 Å². The molecule has 0 saturated carbocycles. The van der Waals surface area contributed by atoms with Crippen molar-refractivity contribution in [3.63, 3.8) is 0 Å². The van der Waals surface area contributed by atoms with Crippen molar-refractivity contribution in [1.29, 1.82) is 0 Å². The Morgan fingerprint density at radius 2 is 2.62 bits per heavy atom. The molecule has 2 heterocycles. The summed E-state index contributed by atoms with van der Waals surface area (Å²) < 4.78 is 2.00. The van der Waals surface area contributed by atoms with Crippen LogP contribution in [0.4, 0.5) is 0 Å². The van der Waals surface area contributed by atoms with Gasteiger partial charge in [-0.3, -0.25) is 0 Å². The molecule has 13 heavy (non-hydrogen) atoms. The normalized spacial score (nSPS) is 22.4. The molecule has 1 aliphatic rings. The fourth-order valence-electron chi connectivity index (χ4n) is 1.76. The van der Waals surface area contributed by atoms with E-state index in [-0.39, 0.29) is 0 Å². The van der Waals surface area contributed by atoms with Crippen molar-refractivity contribution >= 4 is 11.6 Å². The van der Waals surface area contributed by atoms with Gasteiger partial charge in [-0.1, -0.05) is 0 Å². The lowest BCUT2D eigenvalue weighted by molar-refractivity contribution is 0.480. The molecule has 4 heteroatoms. The van der Waals surface area contributed by atoms with Crippen LogP contribution in [-0.4, -0.2) is 22.6 Å². The standard InChI is InChI=1S/C9H14ClN3/c10-9-12-4-6-13(9)5-2-8-1-3-11-7-8/h4,6,8,11H,1-3,5,7H2. The number of aryl methyl sites for hydroxylation is 1. The van der Waals surface area contributed by atoms with Gasteiger partial charge in [-0.15, -0.1) is 0 Å². The third-order valence-corrected chi connectivity index (χ3v) is 2.92. The SMILES string of the molecule is Clc1nccn1CCC1CCNC1. The van der Waals surface area contributed by atoms with Gasteiger partial charge in [0.2, 0.25) is 5.28 Å². The molecule has 1 fully saturated rings. The van der Waals surface area contributed by atoms with Gasteiger partial charge in [0.25, 0.3) is 0 Å². The second kappa shape index (κ2) is 4.11. The van der Waals surface area contributed by atoms with E-state index in [1.807, 2.05) is 10.8 Å². The van der Waals surface area contributed by atoms with Gasteiger partial charge in [0.15, 0.2) is 0 Å². The Labute approximate surface area is 83.1 Å². The Bertz CT molecular complexity index is 266. The van der Waals surface area contributed by atoms with E-state index in [0.717, 1.165) is 19.0 Å². The summed E-state index contributed by atoms with van der Waals surface area (Å²) in [6.07, 6.45) is 6.18. The topological polar surface area (TPSA) is 29.9 Å². The molecule has 0 aromatic carbocycles. The number of halogens is 1. The Kier molecular flexibility index (Phi) is 2.86. The van der Waals surface area contributed by atoms with Crippen LogP contribution in [0.25, 0.3) is 0 Å². The van der Waals surface area contributed by atoms with Gasteiger partial charge >= 0.3 is 0 Å². The summed E-state index contributed by atoms with van der Waals surface area (Å²) in [5.41, 5.74) is 0. The maximum Gasteiger partial charge on any atom is 0.202 e. The molecule has 1 saturated heterocycles. The maximum atomic E-state index is 5.86. The van der Waals surface area contributed by atoms with Crippen LogP contribution in [-0.2, 0) is 6.54 Å². The molecule has 1 aromatic rings. The Morgan fingerprint density at radius 1 is 1.69 bits per heavy atom. The highest BCUT2D eigenvalue weighted by atomic mass is 35.5. The zero-order chi connectivity index (χ0) is 9.10. The number of hydrogen-bond acceptors (Lipinski definition) is 2. The molecule has 0 aliphatic carbocycles. The molecule has 0 spiro atoms. The summed E-state index contributed by atoms with van der Waals surface area (Å²) in [5.74, 6) is 0.818. The third kappa shape index (κ3) is 2.23. The van der Waals surface area contributed by atoms with E-state index >= 15 is 0 Å². The number of imidazole rings is 1. The Morgan fingerprint density at radius 3 is 3.23 bits per heavy atom. The molecule has 3 nitrogen and oxygen atoms in total. The zero-order valence-electron chi connectivity index (χ0n) is 7.54. The van der Waals surface area contributed by atoms with E-state index < -0.39 is 0 Å². The summed E-state index contributed by atoms with van der Waals surface area (Å²) in [4.78, 5) is 3.97. The van der Waals surface area contributed by atoms with Crippen LogP contribution in [0.5, 0.6) is 0 Å². The van der Waals surface area contributed by atoms with E-state index in [9.17, 15) is 0 Å². The molecule has 72 valence electrons. The molecule has 2 rings (SSSR count). The summed E-state index contributed by atoms with van der Waals surface area (Å²) in [6.45, 7) is 3.32. The quantitative estimate of drug-likeness (QED) is 0.801. The first kappa shape index (κ1) is 9.03. The number of rotatable bonds is 3. The predicted molar refractivity (Wildman–Crippen MR) is 52.8 cm³/mol. The predicted octanol–water partition coefficient (Wildman–Crippen LogP) is 1.54. The van der Waals surface area contributed by atoms with E-state index in [2.05, 4.69) is 10.3 Å². The molecule has 0 amide bonds. The van der Waals surface area contributed by atoms with Crippen molar-refractivity contribution in [3.8, 4) is 0 Å². The average molecular weight is 200 g/mol. The van der Waals surface area contributed by atoms with Crippen molar-refractivity contribution in [1.82, 2.24) is 14.9 Å². The highest BCUT2D eigenvalue weighted by Gasteiger charge is 2.14. The lowest BCUT2D eigenvalue weighted by Gasteiger charge is -2.08. The third-order valence-electron chi connectivity index (χ3n) is 2.61. The monoisotopic (exact) mass is 199 g/mol. The molecular formula is C9H14ClN3. The lowest BCUT2D eigenvalue weighted by atomic mass is 10.1. The molecular weight excluding hydrogens is 186 g/mol. The van der Waals surface area contributed by atoms with Crippen molar-refractivity contribution in [2.75, 3.05) is 13.1 Å². The highest BCUT2D eigenvalue weighted by molar-refractivity contribution is 6.28. The van der Waals surface area contributed by atoms with E-state index in [0.29, 0.717) is 5.28 Å².